The van der Waals surface area contributed by atoms with Gasteiger partial charge in [0, 0.05) is 30.2 Å². The van der Waals surface area contributed by atoms with Crippen molar-refractivity contribution >= 4 is 0 Å². The van der Waals surface area contributed by atoms with Crippen LogP contribution in [0.1, 0.15) is 24.9 Å². The number of halogens is 1. The summed E-state index contributed by atoms with van der Waals surface area (Å²) in [5.41, 5.74) is 6.66. The molecule has 0 saturated carbocycles. The molecule has 1 aliphatic heterocycles. The molecule has 17 heavy (non-hydrogen) atoms. The van der Waals surface area contributed by atoms with E-state index in [2.05, 4.69) is 0 Å². The molecule has 1 fully saturated rings. The number of nitrogens with two attached hydrogens (primary N) is 1. The SMILES string of the molecule is C[C@H](N)c1ccc(F)cc1OCC1CCOC1. The Labute approximate surface area is 101 Å². The molecule has 4 heteroatoms. The average Bonchev–Trinajstić information content (AvgIpc) is 2.78. The molecule has 2 rings (SSSR count). The van der Waals surface area contributed by atoms with Crippen LogP contribution in [0.25, 0.3) is 0 Å². The van der Waals surface area contributed by atoms with Gasteiger partial charge < -0.3 is 15.2 Å². The Morgan fingerprint density at radius 2 is 2.41 bits per heavy atom. The highest BCUT2D eigenvalue weighted by Gasteiger charge is 2.17. The smallest absolute Gasteiger partial charge is 0.126 e. The third-order valence-electron chi connectivity index (χ3n) is 2.96. The highest BCUT2D eigenvalue weighted by atomic mass is 19.1. The Kier molecular flexibility index (Phi) is 3.97. The molecule has 0 amide bonds. The molecule has 3 nitrogen and oxygen atoms in total. The Morgan fingerprint density at radius 1 is 1.59 bits per heavy atom. The van der Waals surface area contributed by atoms with Gasteiger partial charge in [-0.3, -0.25) is 0 Å². The number of ether oxygens (including phenoxy) is 2. The van der Waals surface area contributed by atoms with Crippen LogP contribution in [-0.2, 0) is 4.74 Å². The van der Waals surface area contributed by atoms with Crippen LogP contribution < -0.4 is 10.5 Å². The summed E-state index contributed by atoms with van der Waals surface area (Å²) in [6.45, 7) is 3.93. The van der Waals surface area contributed by atoms with Gasteiger partial charge in [0.25, 0.3) is 0 Å². The molecule has 0 aromatic heterocycles. The van der Waals surface area contributed by atoms with Crippen LogP contribution >= 0.6 is 0 Å². The highest BCUT2D eigenvalue weighted by molar-refractivity contribution is 5.36. The van der Waals surface area contributed by atoms with E-state index in [1.165, 1.54) is 12.1 Å². The average molecular weight is 239 g/mol. The quantitative estimate of drug-likeness (QED) is 0.876. The molecule has 2 N–H and O–H groups in total. The minimum atomic E-state index is -0.299. The standard InChI is InChI=1S/C13H18FNO2/c1-9(15)12-3-2-11(14)6-13(12)17-8-10-4-5-16-7-10/h2-3,6,9-10H,4-5,7-8,15H2,1H3/t9-,10?/m0/s1. The van der Waals surface area contributed by atoms with Gasteiger partial charge in [-0.25, -0.2) is 4.39 Å². The molecule has 1 aliphatic rings. The van der Waals surface area contributed by atoms with E-state index in [-0.39, 0.29) is 11.9 Å². The maximum absolute atomic E-state index is 13.2. The number of hydrogen-bond acceptors (Lipinski definition) is 3. The summed E-state index contributed by atoms with van der Waals surface area (Å²) in [7, 11) is 0. The van der Waals surface area contributed by atoms with E-state index in [9.17, 15) is 4.39 Å². The zero-order valence-corrected chi connectivity index (χ0v) is 9.99. The Balaban J connectivity index is 2.04. The maximum Gasteiger partial charge on any atom is 0.126 e. The van der Waals surface area contributed by atoms with Crippen LogP contribution in [-0.4, -0.2) is 19.8 Å². The minimum absolute atomic E-state index is 0.162. The Morgan fingerprint density at radius 3 is 3.06 bits per heavy atom. The molecule has 1 heterocycles. The van der Waals surface area contributed by atoms with Crippen LogP contribution in [0.2, 0.25) is 0 Å². The van der Waals surface area contributed by atoms with E-state index in [0.29, 0.717) is 18.3 Å². The summed E-state index contributed by atoms with van der Waals surface area (Å²) < 4.78 is 24.1. The monoisotopic (exact) mass is 239 g/mol. The van der Waals surface area contributed by atoms with Gasteiger partial charge in [-0.05, 0) is 19.4 Å². The lowest BCUT2D eigenvalue weighted by Gasteiger charge is -2.16. The van der Waals surface area contributed by atoms with Gasteiger partial charge >= 0.3 is 0 Å². The van der Waals surface area contributed by atoms with E-state index >= 15 is 0 Å². The summed E-state index contributed by atoms with van der Waals surface area (Å²) >= 11 is 0. The second kappa shape index (κ2) is 5.47. The summed E-state index contributed by atoms with van der Waals surface area (Å²) in [6.07, 6.45) is 1.00. The van der Waals surface area contributed by atoms with Gasteiger partial charge in [0.05, 0.1) is 13.2 Å². The van der Waals surface area contributed by atoms with Crippen LogP contribution in [0.15, 0.2) is 18.2 Å². The molecule has 0 radical (unpaired) electrons. The second-order valence-corrected chi connectivity index (χ2v) is 4.51. The van der Waals surface area contributed by atoms with Crippen LogP contribution in [0.5, 0.6) is 5.75 Å². The normalized spacial score (nSPS) is 21.5. The van der Waals surface area contributed by atoms with Crippen LogP contribution in [0.3, 0.4) is 0 Å². The predicted molar refractivity (Wildman–Crippen MR) is 63.4 cm³/mol. The third kappa shape index (κ3) is 3.17. The van der Waals surface area contributed by atoms with Gasteiger partial charge in [-0.1, -0.05) is 6.07 Å². The van der Waals surface area contributed by atoms with E-state index in [0.717, 1.165) is 25.2 Å². The predicted octanol–water partition coefficient (Wildman–Crippen LogP) is 2.26. The summed E-state index contributed by atoms with van der Waals surface area (Å²) in [5.74, 6) is 0.651. The summed E-state index contributed by atoms with van der Waals surface area (Å²) in [6, 6.07) is 4.32. The molecule has 1 saturated heterocycles. The molecule has 0 spiro atoms. The van der Waals surface area contributed by atoms with Crippen molar-refractivity contribution in [2.45, 2.75) is 19.4 Å². The molecule has 1 aromatic carbocycles. The first-order valence-corrected chi connectivity index (χ1v) is 5.92. The molecule has 0 aliphatic carbocycles. The fourth-order valence-electron chi connectivity index (χ4n) is 1.93. The largest absolute Gasteiger partial charge is 0.493 e. The van der Waals surface area contributed by atoms with Gasteiger partial charge in [-0.15, -0.1) is 0 Å². The minimum Gasteiger partial charge on any atom is -0.493 e. The van der Waals surface area contributed by atoms with Crippen molar-refractivity contribution in [3.8, 4) is 5.75 Å². The van der Waals surface area contributed by atoms with Crippen molar-refractivity contribution in [1.29, 1.82) is 0 Å². The third-order valence-corrected chi connectivity index (χ3v) is 2.96. The Hall–Kier alpha value is -1.13. The lowest BCUT2D eigenvalue weighted by atomic mass is 10.1. The fraction of sp³-hybridized carbons (Fsp3) is 0.538. The van der Waals surface area contributed by atoms with Crippen molar-refractivity contribution in [2.75, 3.05) is 19.8 Å². The van der Waals surface area contributed by atoms with Crippen molar-refractivity contribution in [1.82, 2.24) is 0 Å². The van der Waals surface area contributed by atoms with Gasteiger partial charge in [0.2, 0.25) is 0 Å². The zero-order valence-electron chi connectivity index (χ0n) is 9.99. The van der Waals surface area contributed by atoms with E-state index in [4.69, 9.17) is 15.2 Å². The van der Waals surface area contributed by atoms with E-state index in [1.54, 1.807) is 6.07 Å². The summed E-state index contributed by atoms with van der Waals surface area (Å²) in [4.78, 5) is 0. The number of rotatable bonds is 4. The van der Waals surface area contributed by atoms with Crippen molar-refractivity contribution in [2.24, 2.45) is 11.7 Å². The maximum atomic E-state index is 13.2. The molecular formula is C13H18FNO2. The first kappa shape index (κ1) is 12.3. The molecule has 0 bridgehead atoms. The highest BCUT2D eigenvalue weighted by Crippen LogP contribution is 2.26. The molecular weight excluding hydrogens is 221 g/mol. The lowest BCUT2D eigenvalue weighted by molar-refractivity contribution is 0.166. The topological polar surface area (TPSA) is 44.5 Å². The molecule has 1 aromatic rings. The molecule has 2 atom stereocenters. The first-order chi connectivity index (χ1) is 8.16. The fourth-order valence-corrected chi connectivity index (χ4v) is 1.93. The number of benzene rings is 1. The molecule has 1 unspecified atom stereocenters. The first-order valence-electron chi connectivity index (χ1n) is 5.92. The van der Waals surface area contributed by atoms with Gasteiger partial charge in [0.15, 0.2) is 0 Å². The van der Waals surface area contributed by atoms with E-state index < -0.39 is 0 Å². The lowest BCUT2D eigenvalue weighted by Crippen LogP contribution is -2.14. The second-order valence-electron chi connectivity index (χ2n) is 4.51. The van der Waals surface area contributed by atoms with Crippen molar-refractivity contribution < 1.29 is 13.9 Å². The van der Waals surface area contributed by atoms with Crippen LogP contribution in [0, 0.1) is 11.7 Å². The van der Waals surface area contributed by atoms with E-state index in [1.807, 2.05) is 6.92 Å². The van der Waals surface area contributed by atoms with Gasteiger partial charge in [0.1, 0.15) is 11.6 Å². The van der Waals surface area contributed by atoms with Crippen LogP contribution in [0.4, 0.5) is 4.39 Å². The number of hydrogen-bond donors (Lipinski definition) is 1. The van der Waals surface area contributed by atoms with Gasteiger partial charge in [-0.2, -0.15) is 0 Å². The van der Waals surface area contributed by atoms with Crippen molar-refractivity contribution in [3.05, 3.63) is 29.6 Å². The summed E-state index contributed by atoms with van der Waals surface area (Å²) in [5, 5.41) is 0. The Bertz CT molecular complexity index is 376. The van der Waals surface area contributed by atoms with Crippen molar-refractivity contribution in [3.63, 3.8) is 0 Å². The zero-order chi connectivity index (χ0) is 12.3. The molecule has 94 valence electrons.